The first-order valence-corrected chi connectivity index (χ1v) is 9.29. The van der Waals surface area contributed by atoms with E-state index in [9.17, 15) is 4.79 Å². The summed E-state index contributed by atoms with van der Waals surface area (Å²) in [6.45, 7) is 10.6. The number of benzene rings is 1. The van der Waals surface area contributed by atoms with Gasteiger partial charge in [0.05, 0.1) is 7.11 Å². The number of aryl methyl sites for hydroxylation is 2. The molecule has 0 saturated carbocycles. The van der Waals surface area contributed by atoms with Crippen LogP contribution in [0.5, 0.6) is 5.75 Å². The average Bonchev–Trinajstić information content (AvgIpc) is 3.12. The molecule has 1 N–H and O–H groups in total. The van der Waals surface area contributed by atoms with E-state index in [0.717, 1.165) is 30.0 Å². The van der Waals surface area contributed by atoms with E-state index in [1.807, 2.05) is 13.8 Å². The van der Waals surface area contributed by atoms with Gasteiger partial charge in [-0.1, -0.05) is 19.1 Å². The van der Waals surface area contributed by atoms with Crippen molar-refractivity contribution >= 4 is 5.97 Å². The molecule has 0 aromatic heterocycles. The van der Waals surface area contributed by atoms with Gasteiger partial charge in [-0.15, -0.1) is 0 Å². The molecular weight excluding hydrogens is 316 g/mol. The second-order valence-electron chi connectivity index (χ2n) is 6.86. The quantitative estimate of drug-likeness (QED) is 0.696. The highest BCUT2D eigenvalue weighted by molar-refractivity contribution is 5.71. The Morgan fingerprint density at radius 2 is 1.88 bits per heavy atom. The lowest BCUT2D eigenvalue weighted by molar-refractivity contribution is -0.142. The second-order valence-corrected chi connectivity index (χ2v) is 6.86. The molecule has 0 amide bonds. The van der Waals surface area contributed by atoms with Gasteiger partial charge in [-0.05, 0) is 62.9 Å². The maximum absolute atomic E-state index is 11.3. The van der Waals surface area contributed by atoms with Gasteiger partial charge in [-0.2, -0.15) is 0 Å². The maximum Gasteiger partial charge on any atom is 0.343 e. The number of esters is 1. The van der Waals surface area contributed by atoms with E-state index >= 15 is 0 Å². The molecule has 2 rings (SSSR count). The molecule has 1 heterocycles. The zero-order valence-electron chi connectivity index (χ0n) is 16.1. The van der Waals surface area contributed by atoms with Gasteiger partial charge in [-0.3, -0.25) is 4.90 Å². The summed E-state index contributed by atoms with van der Waals surface area (Å²) in [5.41, 5.74) is 3.34. The standard InChI is InChI=1S/C20H32N2O3/c1-5-18(22-8-6-7-9-22)13-21-12-17-10-15(2)20(16(3)11-17)25-14-19(23)24-4/h10-11,18,21H,5-9,12-14H2,1-4H3. The predicted molar refractivity (Wildman–Crippen MR) is 100 cm³/mol. The van der Waals surface area contributed by atoms with Crippen molar-refractivity contribution in [3.63, 3.8) is 0 Å². The number of rotatable bonds is 9. The zero-order valence-corrected chi connectivity index (χ0v) is 16.1. The summed E-state index contributed by atoms with van der Waals surface area (Å²) in [4.78, 5) is 13.9. The number of ether oxygens (including phenoxy) is 2. The van der Waals surface area contributed by atoms with E-state index in [-0.39, 0.29) is 12.6 Å². The summed E-state index contributed by atoms with van der Waals surface area (Å²) in [5, 5.41) is 3.61. The first-order chi connectivity index (χ1) is 12.0. The Morgan fingerprint density at radius 3 is 2.44 bits per heavy atom. The number of carbonyl (C=O) groups excluding carboxylic acids is 1. The third-order valence-electron chi connectivity index (χ3n) is 4.92. The first-order valence-electron chi connectivity index (χ1n) is 9.29. The van der Waals surface area contributed by atoms with Crippen LogP contribution < -0.4 is 10.1 Å². The molecule has 25 heavy (non-hydrogen) atoms. The van der Waals surface area contributed by atoms with Gasteiger partial charge in [0.25, 0.3) is 0 Å². The number of methoxy groups -OCH3 is 1. The van der Waals surface area contributed by atoms with Crippen molar-refractivity contribution in [2.45, 2.75) is 52.6 Å². The fraction of sp³-hybridized carbons (Fsp3) is 0.650. The van der Waals surface area contributed by atoms with E-state index in [4.69, 9.17) is 4.74 Å². The zero-order chi connectivity index (χ0) is 18.2. The Morgan fingerprint density at radius 1 is 1.24 bits per heavy atom. The fourth-order valence-corrected chi connectivity index (χ4v) is 3.58. The summed E-state index contributed by atoms with van der Waals surface area (Å²) >= 11 is 0. The van der Waals surface area contributed by atoms with Gasteiger partial charge >= 0.3 is 5.97 Å². The van der Waals surface area contributed by atoms with E-state index in [1.54, 1.807) is 0 Å². The monoisotopic (exact) mass is 348 g/mol. The summed E-state index contributed by atoms with van der Waals surface area (Å²) in [6, 6.07) is 4.89. The Labute approximate surface area is 151 Å². The number of carbonyl (C=O) groups is 1. The molecule has 0 spiro atoms. The van der Waals surface area contributed by atoms with Crippen LogP contribution in [-0.4, -0.2) is 50.3 Å². The minimum Gasteiger partial charge on any atom is -0.481 e. The SMILES string of the molecule is CCC(CNCc1cc(C)c(OCC(=O)OC)c(C)c1)N1CCCC1. The van der Waals surface area contributed by atoms with Gasteiger partial charge in [0.15, 0.2) is 6.61 Å². The summed E-state index contributed by atoms with van der Waals surface area (Å²) in [6.07, 6.45) is 3.86. The van der Waals surface area contributed by atoms with Crippen LogP contribution in [0.2, 0.25) is 0 Å². The number of nitrogens with one attached hydrogen (secondary N) is 1. The lowest BCUT2D eigenvalue weighted by atomic mass is 10.1. The van der Waals surface area contributed by atoms with Gasteiger partial charge in [0.1, 0.15) is 5.75 Å². The molecule has 5 nitrogen and oxygen atoms in total. The van der Waals surface area contributed by atoms with Crippen molar-refractivity contribution in [3.8, 4) is 5.75 Å². The highest BCUT2D eigenvalue weighted by Gasteiger charge is 2.19. The first kappa shape index (κ1) is 19.7. The van der Waals surface area contributed by atoms with Crippen LogP contribution in [-0.2, 0) is 16.1 Å². The Kier molecular flexibility index (Phi) is 7.72. The predicted octanol–water partition coefficient (Wildman–Crippen LogP) is 2.82. The van der Waals surface area contributed by atoms with Gasteiger partial charge in [0.2, 0.25) is 0 Å². The normalized spacial score (nSPS) is 16.0. The van der Waals surface area contributed by atoms with Crippen LogP contribution in [0.1, 0.15) is 42.9 Å². The van der Waals surface area contributed by atoms with E-state index in [2.05, 4.69) is 34.0 Å². The molecular formula is C20H32N2O3. The van der Waals surface area contributed by atoms with Gasteiger partial charge < -0.3 is 14.8 Å². The van der Waals surface area contributed by atoms with Crippen molar-refractivity contribution in [1.82, 2.24) is 10.2 Å². The molecule has 0 radical (unpaired) electrons. The van der Waals surface area contributed by atoms with Crippen molar-refractivity contribution < 1.29 is 14.3 Å². The topological polar surface area (TPSA) is 50.8 Å². The Bertz CT molecular complexity index is 545. The molecule has 1 saturated heterocycles. The largest absolute Gasteiger partial charge is 0.481 e. The van der Waals surface area contributed by atoms with Crippen LogP contribution in [0.3, 0.4) is 0 Å². The minimum absolute atomic E-state index is 0.0518. The lowest BCUT2D eigenvalue weighted by Crippen LogP contribution is -2.40. The molecule has 1 unspecified atom stereocenters. The molecule has 140 valence electrons. The van der Waals surface area contributed by atoms with Crippen LogP contribution in [0, 0.1) is 13.8 Å². The molecule has 5 heteroatoms. The van der Waals surface area contributed by atoms with E-state index < -0.39 is 0 Å². The molecule has 1 aromatic carbocycles. The minimum atomic E-state index is -0.364. The Hall–Kier alpha value is -1.59. The van der Waals surface area contributed by atoms with Crippen LogP contribution in [0.25, 0.3) is 0 Å². The third kappa shape index (κ3) is 5.72. The Balaban J connectivity index is 1.88. The molecule has 1 fully saturated rings. The molecule has 1 aliphatic heterocycles. The van der Waals surface area contributed by atoms with Crippen LogP contribution >= 0.6 is 0 Å². The average molecular weight is 348 g/mol. The molecule has 1 aliphatic rings. The van der Waals surface area contributed by atoms with E-state index in [0.29, 0.717) is 6.04 Å². The number of hydrogen-bond acceptors (Lipinski definition) is 5. The lowest BCUT2D eigenvalue weighted by Gasteiger charge is -2.26. The number of hydrogen-bond donors (Lipinski definition) is 1. The van der Waals surface area contributed by atoms with Crippen molar-refractivity contribution in [2.24, 2.45) is 0 Å². The second kappa shape index (κ2) is 9.78. The van der Waals surface area contributed by atoms with Crippen molar-refractivity contribution in [1.29, 1.82) is 0 Å². The molecule has 0 aliphatic carbocycles. The number of nitrogens with zero attached hydrogens (tertiary/aromatic N) is 1. The summed E-state index contributed by atoms with van der Waals surface area (Å²) in [5.74, 6) is 0.412. The number of likely N-dealkylation sites (tertiary alicyclic amines) is 1. The van der Waals surface area contributed by atoms with Gasteiger partial charge in [-0.25, -0.2) is 4.79 Å². The smallest absolute Gasteiger partial charge is 0.343 e. The van der Waals surface area contributed by atoms with Gasteiger partial charge in [0, 0.05) is 19.1 Å². The fourth-order valence-electron chi connectivity index (χ4n) is 3.58. The summed E-state index contributed by atoms with van der Waals surface area (Å²) < 4.78 is 10.2. The highest BCUT2D eigenvalue weighted by Crippen LogP contribution is 2.25. The molecule has 0 bridgehead atoms. The van der Waals surface area contributed by atoms with E-state index in [1.165, 1.54) is 45.0 Å². The van der Waals surface area contributed by atoms with Crippen molar-refractivity contribution in [3.05, 3.63) is 28.8 Å². The van der Waals surface area contributed by atoms with Crippen molar-refractivity contribution in [2.75, 3.05) is 33.4 Å². The molecule has 1 aromatic rings. The maximum atomic E-state index is 11.3. The third-order valence-corrected chi connectivity index (χ3v) is 4.92. The van der Waals surface area contributed by atoms with Crippen LogP contribution in [0.15, 0.2) is 12.1 Å². The molecule has 1 atom stereocenters. The summed E-state index contributed by atoms with van der Waals surface area (Å²) in [7, 11) is 1.37. The highest BCUT2D eigenvalue weighted by atomic mass is 16.6. The van der Waals surface area contributed by atoms with Crippen LogP contribution in [0.4, 0.5) is 0 Å².